The second-order valence-electron chi connectivity index (χ2n) is 6.47. The van der Waals surface area contributed by atoms with Crippen molar-refractivity contribution in [3.8, 4) is 0 Å². The number of para-hydroxylation sites is 2. The molecule has 1 N–H and O–H groups in total. The number of amides is 1. The molecule has 0 unspecified atom stereocenters. The standard InChI is InChI=1S/C19H23ClN2O3S/c1-13(2)15-9-7-8-14(3)19(15)22(26(4,24)25)12-18(23)21-17-11-6-5-10-16(17)20/h5-11,13H,12H2,1-4H3,(H,21,23). The van der Waals surface area contributed by atoms with E-state index in [1.54, 1.807) is 24.3 Å². The van der Waals surface area contributed by atoms with E-state index in [-0.39, 0.29) is 12.5 Å². The van der Waals surface area contributed by atoms with Gasteiger partial charge >= 0.3 is 0 Å². The highest BCUT2D eigenvalue weighted by Crippen LogP contribution is 2.32. The highest BCUT2D eigenvalue weighted by atomic mass is 35.5. The molecule has 0 aromatic heterocycles. The maximum atomic E-state index is 12.5. The summed E-state index contributed by atoms with van der Waals surface area (Å²) in [6.45, 7) is 5.49. The summed E-state index contributed by atoms with van der Waals surface area (Å²) in [7, 11) is -3.65. The van der Waals surface area contributed by atoms with Crippen LogP contribution in [0.2, 0.25) is 5.02 Å². The molecule has 0 aliphatic carbocycles. The molecule has 0 bridgehead atoms. The minimum atomic E-state index is -3.65. The highest BCUT2D eigenvalue weighted by Gasteiger charge is 2.25. The summed E-state index contributed by atoms with van der Waals surface area (Å²) in [5.74, 6) is -0.345. The molecular formula is C19H23ClN2O3S. The molecule has 7 heteroatoms. The van der Waals surface area contributed by atoms with Crippen molar-refractivity contribution in [3.05, 3.63) is 58.6 Å². The number of carbonyl (C=O) groups excluding carboxylic acids is 1. The molecule has 2 aromatic rings. The fourth-order valence-corrected chi connectivity index (χ4v) is 3.85. The first-order chi connectivity index (χ1) is 12.1. The fourth-order valence-electron chi connectivity index (χ4n) is 2.73. The predicted molar refractivity (Wildman–Crippen MR) is 108 cm³/mol. The van der Waals surface area contributed by atoms with E-state index in [0.29, 0.717) is 16.4 Å². The minimum Gasteiger partial charge on any atom is -0.323 e. The number of carbonyl (C=O) groups is 1. The molecule has 0 heterocycles. The van der Waals surface area contributed by atoms with Gasteiger partial charge in [-0.05, 0) is 36.1 Å². The number of benzene rings is 2. The number of anilines is 2. The quantitative estimate of drug-likeness (QED) is 0.799. The van der Waals surface area contributed by atoms with E-state index < -0.39 is 15.9 Å². The molecule has 0 saturated carbocycles. The molecule has 140 valence electrons. The summed E-state index contributed by atoms with van der Waals surface area (Å²) in [5, 5.41) is 3.07. The van der Waals surface area contributed by atoms with Gasteiger partial charge in [0.2, 0.25) is 15.9 Å². The van der Waals surface area contributed by atoms with E-state index in [0.717, 1.165) is 21.7 Å². The first-order valence-electron chi connectivity index (χ1n) is 8.23. The Labute approximate surface area is 160 Å². The highest BCUT2D eigenvalue weighted by molar-refractivity contribution is 7.92. The van der Waals surface area contributed by atoms with Crippen LogP contribution in [0.25, 0.3) is 0 Å². The van der Waals surface area contributed by atoms with E-state index in [1.165, 1.54) is 0 Å². The Kier molecular flexibility index (Phi) is 6.31. The van der Waals surface area contributed by atoms with Gasteiger partial charge in [0.05, 0.1) is 22.7 Å². The largest absolute Gasteiger partial charge is 0.323 e. The van der Waals surface area contributed by atoms with Gasteiger partial charge in [0.1, 0.15) is 6.54 Å². The van der Waals surface area contributed by atoms with Crippen molar-refractivity contribution in [3.63, 3.8) is 0 Å². The van der Waals surface area contributed by atoms with Gasteiger partial charge in [0.25, 0.3) is 0 Å². The van der Waals surface area contributed by atoms with E-state index >= 15 is 0 Å². The zero-order valence-electron chi connectivity index (χ0n) is 15.3. The molecule has 26 heavy (non-hydrogen) atoms. The normalized spacial score (nSPS) is 11.5. The van der Waals surface area contributed by atoms with Crippen molar-refractivity contribution in [1.82, 2.24) is 0 Å². The smallest absolute Gasteiger partial charge is 0.245 e. The van der Waals surface area contributed by atoms with Gasteiger partial charge in [0.15, 0.2) is 0 Å². The van der Waals surface area contributed by atoms with Crippen LogP contribution in [0.4, 0.5) is 11.4 Å². The van der Waals surface area contributed by atoms with Crippen molar-refractivity contribution in [2.24, 2.45) is 0 Å². The lowest BCUT2D eigenvalue weighted by Crippen LogP contribution is -2.38. The van der Waals surface area contributed by atoms with Crippen LogP contribution in [0.3, 0.4) is 0 Å². The van der Waals surface area contributed by atoms with Gasteiger partial charge in [-0.2, -0.15) is 0 Å². The van der Waals surface area contributed by atoms with E-state index in [1.807, 2.05) is 39.0 Å². The van der Waals surface area contributed by atoms with Gasteiger partial charge in [-0.1, -0.05) is 55.8 Å². The van der Waals surface area contributed by atoms with Crippen LogP contribution in [0.1, 0.15) is 30.9 Å². The van der Waals surface area contributed by atoms with Crippen molar-refractivity contribution in [2.75, 3.05) is 22.4 Å². The molecule has 0 atom stereocenters. The molecule has 0 saturated heterocycles. The van der Waals surface area contributed by atoms with Gasteiger partial charge in [-0.15, -0.1) is 0 Å². The number of hydrogen-bond acceptors (Lipinski definition) is 3. The summed E-state index contributed by atoms with van der Waals surface area (Å²) in [4.78, 5) is 12.5. The van der Waals surface area contributed by atoms with Gasteiger partial charge in [-0.3, -0.25) is 9.10 Å². The molecule has 0 aliphatic heterocycles. The maximum Gasteiger partial charge on any atom is 0.245 e. The number of nitrogens with one attached hydrogen (secondary N) is 1. The first-order valence-corrected chi connectivity index (χ1v) is 10.5. The van der Waals surface area contributed by atoms with Crippen molar-refractivity contribution in [2.45, 2.75) is 26.7 Å². The molecule has 0 aliphatic rings. The monoisotopic (exact) mass is 394 g/mol. The number of hydrogen-bond donors (Lipinski definition) is 1. The second-order valence-corrected chi connectivity index (χ2v) is 8.78. The molecule has 0 fully saturated rings. The number of nitrogens with zero attached hydrogens (tertiary/aromatic N) is 1. The van der Waals surface area contributed by atoms with Crippen molar-refractivity contribution >= 4 is 38.9 Å². The molecule has 2 rings (SSSR count). The molecule has 5 nitrogen and oxygen atoms in total. The third kappa shape index (κ3) is 4.77. The number of halogens is 1. The van der Waals surface area contributed by atoms with E-state index in [2.05, 4.69) is 5.32 Å². The Morgan fingerprint density at radius 1 is 1.15 bits per heavy atom. The van der Waals surface area contributed by atoms with Crippen LogP contribution in [-0.4, -0.2) is 27.1 Å². The van der Waals surface area contributed by atoms with E-state index in [4.69, 9.17) is 11.6 Å². The van der Waals surface area contributed by atoms with Crippen LogP contribution in [0, 0.1) is 6.92 Å². The Hall–Kier alpha value is -2.05. The van der Waals surface area contributed by atoms with Crippen molar-refractivity contribution < 1.29 is 13.2 Å². The summed E-state index contributed by atoms with van der Waals surface area (Å²) >= 11 is 6.06. The zero-order chi connectivity index (χ0) is 19.5. The molecule has 1 amide bonds. The lowest BCUT2D eigenvalue weighted by atomic mass is 9.98. The molecular weight excluding hydrogens is 372 g/mol. The number of sulfonamides is 1. The van der Waals surface area contributed by atoms with Gasteiger partial charge in [-0.25, -0.2) is 8.42 Å². The topological polar surface area (TPSA) is 66.5 Å². The number of aryl methyl sites for hydroxylation is 1. The minimum absolute atomic E-state index is 0.112. The van der Waals surface area contributed by atoms with Crippen LogP contribution in [-0.2, 0) is 14.8 Å². The zero-order valence-corrected chi connectivity index (χ0v) is 16.9. The molecule has 2 aromatic carbocycles. The molecule has 0 spiro atoms. The third-order valence-corrected chi connectivity index (χ3v) is 5.42. The summed E-state index contributed by atoms with van der Waals surface area (Å²) in [5.41, 5.74) is 2.67. The van der Waals surface area contributed by atoms with Crippen molar-refractivity contribution in [1.29, 1.82) is 0 Å². The van der Waals surface area contributed by atoms with Crippen LogP contribution >= 0.6 is 11.6 Å². The maximum absolute atomic E-state index is 12.5. The third-order valence-electron chi connectivity index (χ3n) is 3.98. The SMILES string of the molecule is Cc1cccc(C(C)C)c1N(CC(=O)Nc1ccccc1Cl)S(C)(=O)=O. The lowest BCUT2D eigenvalue weighted by Gasteiger charge is -2.27. The lowest BCUT2D eigenvalue weighted by molar-refractivity contribution is -0.114. The first kappa shape index (κ1) is 20.3. The predicted octanol–water partition coefficient (Wildman–Crippen LogP) is 4.18. The number of rotatable bonds is 6. The Morgan fingerprint density at radius 2 is 1.81 bits per heavy atom. The average Bonchev–Trinajstić information content (AvgIpc) is 2.54. The summed E-state index contributed by atoms with van der Waals surface area (Å²) in [6, 6.07) is 12.4. The van der Waals surface area contributed by atoms with Gasteiger partial charge in [0, 0.05) is 0 Å². The Bertz CT molecular complexity index is 911. The van der Waals surface area contributed by atoms with Crippen LogP contribution in [0.15, 0.2) is 42.5 Å². The average molecular weight is 395 g/mol. The summed E-state index contributed by atoms with van der Waals surface area (Å²) < 4.78 is 26.0. The second kappa shape index (κ2) is 8.10. The van der Waals surface area contributed by atoms with Crippen LogP contribution < -0.4 is 9.62 Å². The Balaban J connectivity index is 2.39. The molecule has 0 radical (unpaired) electrons. The van der Waals surface area contributed by atoms with Crippen LogP contribution in [0.5, 0.6) is 0 Å². The fraction of sp³-hybridized carbons (Fsp3) is 0.316. The van der Waals surface area contributed by atoms with E-state index in [9.17, 15) is 13.2 Å². The van der Waals surface area contributed by atoms with Gasteiger partial charge < -0.3 is 5.32 Å². The Morgan fingerprint density at radius 3 is 2.38 bits per heavy atom. The summed E-state index contributed by atoms with van der Waals surface area (Å²) in [6.07, 6.45) is 1.10.